The minimum Gasteiger partial charge on any atom is -0.372 e. The SMILES string of the molecule is Cc1cc(C2OCCC2NS(=O)(=O)c2cnc3ccccn23)cn(C)c1=O. The first kappa shape index (κ1) is 17.9. The Hall–Kier alpha value is -2.49. The molecule has 3 aromatic heterocycles. The highest BCUT2D eigenvalue weighted by molar-refractivity contribution is 7.89. The molecule has 0 spiro atoms. The lowest BCUT2D eigenvalue weighted by Gasteiger charge is -2.21. The van der Waals surface area contributed by atoms with Gasteiger partial charge in [-0.25, -0.2) is 18.1 Å². The number of ether oxygens (including phenoxy) is 1. The second-order valence-corrected chi connectivity index (χ2v) is 8.37. The van der Waals surface area contributed by atoms with Crippen LogP contribution >= 0.6 is 0 Å². The summed E-state index contributed by atoms with van der Waals surface area (Å²) in [7, 11) is -2.12. The van der Waals surface area contributed by atoms with E-state index in [2.05, 4.69) is 9.71 Å². The van der Waals surface area contributed by atoms with Gasteiger partial charge in [-0.2, -0.15) is 0 Å². The summed E-state index contributed by atoms with van der Waals surface area (Å²) >= 11 is 0. The van der Waals surface area contributed by atoms with E-state index in [1.54, 1.807) is 50.6 Å². The highest BCUT2D eigenvalue weighted by Gasteiger charge is 2.34. The Bertz CT molecular complexity index is 1140. The first-order valence-electron chi connectivity index (χ1n) is 8.60. The molecule has 4 rings (SSSR count). The van der Waals surface area contributed by atoms with Gasteiger partial charge in [0, 0.05) is 31.6 Å². The molecule has 2 atom stereocenters. The summed E-state index contributed by atoms with van der Waals surface area (Å²) < 4.78 is 37.4. The van der Waals surface area contributed by atoms with E-state index >= 15 is 0 Å². The fraction of sp³-hybridized carbons (Fsp3) is 0.333. The molecule has 4 heterocycles. The van der Waals surface area contributed by atoms with Gasteiger partial charge in [-0.1, -0.05) is 6.07 Å². The molecule has 1 saturated heterocycles. The predicted molar refractivity (Wildman–Crippen MR) is 99.0 cm³/mol. The number of nitrogens with zero attached hydrogens (tertiary/aromatic N) is 3. The van der Waals surface area contributed by atoms with Crippen molar-refractivity contribution in [3.05, 3.63) is 64.3 Å². The summed E-state index contributed by atoms with van der Waals surface area (Å²) in [5, 5.41) is 0.0837. The third-order valence-corrected chi connectivity index (χ3v) is 6.23. The third-order valence-electron chi connectivity index (χ3n) is 4.77. The summed E-state index contributed by atoms with van der Waals surface area (Å²) in [6, 6.07) is 6.63. The molecular formula is C18H20N4O4S. The summed E-state index contributed by atoms with van der Waals surface area (Å²) in [6.07, 6.45) is 4.79. The number of hydrogen-bond donors (Lipinski definition) is 1. The largest absolute Gasteiger partial charge is 0.372 e. The topological polar surface area (TPSA) is 94.7 Å². The van der Waals surface area contributed by atoms with E-state index in [4.69, 9.17) is 4.74 Å². The maximum absolute atomic E-state index is 12.9. The van der Waals surface area contributed by atoms with Crippen molar-refractivity contribution >= 4 is 15.7 Å². The van der Waals surface area contributed by atoms with Gasteiger partial charge in [0.15, 0.2) is 5.03 Å². The number of hydrogen-bond acceptors (Lipinski definition) is 5. The lowest BCUT2D eigenvalue weighted by Crippen LogP contribution is -2.37. The van der Waals surface area contributed by atoms with Gasteiger partial charge in [-0.3, -0.25) is 9.20 Å². The molecule has 1 aliphatic heterocycles. The normalized spacial score (nSPS) is 20.4. The average molecular weight is 388 g/mol. The first-order chi connectivity index (χ1) is 12.9. The molecule has 8 nitrogen and oxygen atoms in total. The third kappa shape index (κ3) is 3.18. The van der Waals surface area contributed by atoms with E-state index in [-0.39, 0.29) is 10.6 Å². The van der Waals surface area contributed by atoms with Gasteiger partial charge in [0.05, 0.1) is 12.2 Å². The number of aromatic nitrogens is 3. The predicted octanol–water partition coefficient (Wildman–Crippen LogP) is 1.15. The van der Waals surface area contributed by atoms with E-state index in [0.29, 0.717) is 24.2 Å². The van der Waals surface area contributed by atoms with Crippen LogP contribution in [0.5, 0.6) is 0 Å². The second kappa shape index (κ2) is 6.59. The zero-order chi connectivity index (χ0) is 19.2. The molecule has 3 aromatic rings. The van der Waals surface area contributed by atoms with Crippen LogP contribution in [0.4, 0.5) is 0 Å². The van der Waals surface area contributed by atoms with E-state index < -0.39 is 22.2 Å². The van der Waals surface area contributed by atoms with Gasteiger partial charge >= 0.3 is 0 Å². The number of fused-ring (bicyclic) bond motifs is 1. The maximum atomic E-state index is 12.9. The van der Waals surface area contributed by atoms with Crippen LogP contribution in [0, 0.1) is 6.92 Å². The molecule has 9 heteroatoms. The maximum Gasteiger partial charge on any atom is 0.258 e. The van der Waals surface area contributed by atoms with Crippen LogP contribution < -0.4 is 10.3 Å². The average Bonchev–Trinajstić information content (AvgIpc) is 3.25. The van der Waals surface area contributed by atoms with Crippen molar-refractivity contribution in [2.24, 2.45) is 7.05 Å². The molecule has 0 aliphatic carbocycles. The van der Waals surface area contributed by atoms with Gasteiger partial charge in [-0.15, -0.1) is 0 Å². The van der Waals surface area contributed by atoms with Crippen LogP contribution in [-0.4, -0.2) is 35.0 Å². The molecular weight excluding hydrogens is 368 g/mol. The molecule has 0 amide bonds. The minimum absolute atomic E-state index is 0.0837. The summed E-state index contributed by atoms with van der Waals surface area (Å²) in [5.41, 5.74) is 1.84. The van der Waals surface area contributed by atoms with Crippen LogP contribution in [0.15, 0.2) is 52.7 Å². The Balaban J connectivity index is 1.66. The van der Waals surface area contributed by atoms with Crippen molar-refractivity contribution < 1.29 is 13.2 Å². The van der Waals surface area contributed by atoms with Crippen molar-refractivity contribution in [2.45, 2.75) is 30.5 Å². The Morgan fingerprint density at radius 2 is 2.15 bits per heavy atom. The van der Waals surface area contributed by atoms with Gasteiger partial charge in [0.1, 0.15) is 11.8 Å². The van der Waals surface area contributed by atoms with Crippen LogP contribution in [0.2, 0.25) is 0 Å². The number of sulfonamides is 1. The molecule has 0 aromatic carbocycles. The quantitative estimate of drug-likeness (QED) is 0.724. The van der Waals surface area contributed by atoms with Crippen LogP contribution in [0.1, 0.15) is 23.7 Å². The molecule has 1 aliphatic rings. The Morgan fingerprint density at radius 1 is 1.33 bits per heavy atom. The van der Waals surface area contributed by atoms with Crippen molar-refractivity contribution in [1.29, 1.82) is 0 Å². The second-order valence-electron chi connectivity index (χ2n) is 6.71. The van der Waals surface area contributed by atoms with Crippen LogP contribution in [-0.2, 0) is 21.8 Å². The van der Waals surface area contributed by atoms with Crippen molar-refractivity contribution in [3.8, 4) is 0 Å². The molecule has 1 N–H and O–H groups in total. The lowest BCUT2D eigenvalue weighted by atomic mass is 10.0. The van der Waals surface area contributed by atoms with Crippen LogP contribution in [0.3, 0.4) is 0 Å². The van der Waals surface area contributed by atoms with Gasteiger partial charge in [0.25, 0.3) is 15.6 Å². The van der Waals surface area contributed by atoms with E-state index in [0.717, 1.165) is 5.56 Å². The zero-order valence-corrected chi connectivity index (χ0v) is 15.8. The fourth-order valence-corrected chi connectivity index (χ4v) is 4.84. The standard InChI is InChI=1S/C18H20N4O4S/c1-12-9-13(11-21(2)18(12)23)17-14(6-8-26-17)20-27(24,25)16-10-19-15-5-3-4-7-22(15)16/h3-5,7,9-11,14,17,20H,6,8H2,1-2H3. The van der Waals surface area contributed by atoms with Crippen LogP contribution in [0.25, 0.3) is 5.65 Å². The molecule has 27 heavy (non-hydrogen) atoms. The van der Waals surface area contributed by atoms with Gasteiger partial charge in [0.2, 0.25) is 0 Å². The minimum atomic E-state index is -3.79. The molecule has 0 bridgehead atoms. The Labute approximate surface area is 156 Å². The Kier molecular flexibility index (Phi) is 4.37. The molecule has 1 fully saturated rings. The van der Waals surface area contributed by atoms with Crippen molar-refractivity contribution in [2.75, 3.05) is 6.61 Å². The van der Waals surface area contributed by atoms with E-state index in [1.165, 1.54) is 15.2 Å². The van der Waals surface area contributed by atoms with Crippen molar-refractivity contribution in [3.63, 3.8) is 0 Å². The van der Waals surface area contributed by atoms with E-state index in [1.807, 2.05) is 0 Å². The molecule has 142 valence electrons. The highest BCUT2D eigenvalue weighted by atomic mass is 32.2. The number of pyridine rings is 2. The molecule has 0 radical (unpaired) electrons. The zero-order valence-electron chi connectivity index (χ0n) is 15.0. The summed E-state index contributed by atoms with van der Waals surface area (Å²) in [5.74, 6) is 0. The van der Waals surface area contributed by atoms with Gasteiger partial charge in [-0.05, 0) is 37.1 Å². The first-order valence-corrected chi connectivity index (χ1v) is 10.1. The van der Waals surface area contributed by atoms with E-state index in [9.17, 15) is 13.2 Å². The molecule has 2 unspecified atom stereocenters. The fourth-order valence-electron chi connectivity index (χ4n) is 3.47. The summed E-state index contributed by atoms with van der Waals surface area (Å²) in [4.78, 5) is 16.1. The van der Waals surface area contributed by atoms with Gasteiger partial charge < -0.3 is 9.30 Å². The number of imidazole rings is 1. The number of nitrogens with one attached hydrogen (secondary N) is 1. The Morgan fingerprint density at radius 3 is 2.93 bits per heavy atom. The molecule has 0 saturated carbocycles. The number of rotatable bonds is 4. The highest BCUT2D eigenvalue weighted by Crippen LogP contribution is 2.30. The monoisotopic (exact) mass is 388 g/mol. The lowest BCUT2D eigenvalue weighted by molar-refractivity contribution is 0.102. The smallest absolute Gasteiger partial charge is 0.258 e. The number of aryl methyl sites for hydroxylation is 2. The van der Waals surface area contributed by atoms with Crippen molar-refractivity contribution in [1.82, 2.24) is 18.7 Å². The summed E-state index contributed by atoms with van der Waals surface area (Å²) in [6.45, 7) is 2.17.